The van der Waals surface area contributed by atoms with Gasteiger partial charge < -0.3 is 10.4 Å². The number of hydrogen-bond acceptors (Lipinski definition) is 2. The molecule has 2 atom stereocenters. The second-order valence-electron chi connectivity index (χ2n) is 4.87. The zero-order chi connectivity index (χ0) is 12.1. The molecule has 2 unspecified atom stereocenters. The summed E-state index contributed by atoms with van der Waals surface area (Å²) in [7, 11) is 0. The van der Waals surface area contributed by atoms with Crippen LogP contribution in [0, 0.1) is 5.92 Å². The van der Waals surface area contributed by atoms with Crippen LogP contribution in [0.1, 0.15) is 31.2 Å². The van der Waals surface area contributed by atoms with Crippen LogP contribution in [-0.2, 0) is 6.54 Å². The lowest BCUT2D eigenvalue weighted by Crippen LogP contribution is -2.33. The second kappa shape index (κ2) is 6.53. The third-order valence-electron chi connectivity index (χ3n) is 3.52. The molecule has 2 rings (SSSR count). The monoisotopic (exact) mass is 297 g/mol. The molecular formula is C14H20BrNO. The van der Waals surface area contributed by atoms with E-state index in [0.29, 0.717) is 5.92 Å². The Morgan fingerprint density at radius 3 is 2.59 bits per heavy atom. The van der Waals surface area contributed by atoms with E-state index in [2.05, 4.69) is 45.5 Å². The van der Waals surface area contributed by atoms with Gasteiger partial charge in [-0.2, -0.15) is 0 Å². The minimum atomic E-state index is -0.0961. The molecule has 17 heavy (non-hydrogen) atoms. The van der Waals surface area contributed by atoms with Crippen LogP contribution in [0.25, 0.3) is 0 Å². The maximum Gasteiger partial charge on any atom is 0.0580 e. The van der Waals surface area contributed by atoms with Crippen LogP contribution in [0.3, 0.4) is 0 Å². The first-order valence-corrected chi connectivity index (χ1v) is 7.18. The summed E-state index contributed by atoms with van der Waals surface area (Å²) < 4.78 is 1.11. The summed E-state index contributed by atoms with van der Waals surface area (Å²) in [5, 5.41) is 13.3. The normalized spacial score (nSPS) is 24.8. The highest BCUT2D eigenvalue weighted by atomic mass is 79.9. The molecule has 0 radical (unpaired) electrons. The van der Waals surface area contributed by atoms with Gasteiger partial charge in [-0.3, -0.25) is 0 Å². The summed E-state index contributed by atoms with van der Waals surface area (Å²) in [6.45, 7) is 1.81. The third-order valence-corrected chi connectivity index (χ3v) is 4.05. The molecule has 1 aliphatic carbocycles. The van der Waals surface area contributed by atoms with E-state index in [9.17, 15) is 5.11 Å². The molecule has 0 bridgehead atoms. The lowest BCUT2D eigenvalue weighted by Gasteiger charge is -2.27. The van der Waals surface area contributed by atoms with Gasteiger partial charge in [0, 0.05) is 17.6 Å². The van der Waals surface area contributed by atoms with Crippen molar-refractivity contribution in [1.29, 1.82) is 0 Å². The van der Waals surface area contributed by atoms with Gasteiger partial charge in [-0.1, -0.05) is 40.9 Å². The van der Waals surface area contributed by atoms with Crippen LogP contribution in [-0.4, -0.2) is 17.8 Å². The molecule has 0 aliphatic heterocycles. The van der Waals surface area contributed by atoms with E-state index in [0.717, 1.165) is 30.4 Å². The lowest BCUT2D eigenvalue weighted by atomic mass is 9.86. The van der Waals surface area contributed by atoms with Crippen molar-refractivity contribution in [1.82, 2.24) is 5.32 Å². The van der Waals surface area contributed by atoms with Crippen molar-refractivity contribution in [2.45, 2.75) is 38.3 Å². The molecule has 94 valence electrons. The largest absolute Gasteiger partial charge is 0.393 e. The van der Waals surface area contributed by atoms with Gasteiger partial charge in [0.25, 0.3) is 0 Å². The molecule has 0 amide bonds. The summed E-state index contributed by atoms with van der Waals surface area (Å²) in [6, 6.07) is 8.36. The van der Waals surface area contributed by atoms with Crippen molar-refractivity contribution < 1.29 is 5.11 Å². The SMILES string of the molecule is OC1CCCCC1CNCc1ccc(Br)cc1. The minimum Gasteiger partial charge on any atom is -0.393 e. The van der Waals surface area contributed by atoms with Crippen LogP contribution >= 0.6 is 15.9 Å². The van der Waals surface area contributed by atoms with Crippen molar-refractivity contribution in [3.63, 3.8) is 0 Å². The summed E-state index contributed by atoms with van der Waals surface area (Å²) >= 11 is 3.43. The average molecular weight is 298 g/mol. The Morgan fingerprint density at radius 1 is 1.18 bits per heavy atom. The number of hydrogen-bond donors (Lipinski definition) is 2. The molecule has 1 aliphatic rings. The maximum absolute atomic E-state index is 9.86. The number of aliphatic hydroxyl groups excluding tert-OH is 1. The number of benzene rings is 1. The molecule has 0 saturated heterocycles. The molecule has 1 saturated carbocycles. The van der Waals surface area contributed by atoms with Gasteiger partial charge in [0.1, 0.15) is 0 Å². The zero-order valence-electron chi connectivity index (χ0n) is 10.0. The highest BCUT2D eigenvalue weighted by Gasteiger charge is 2.22. The van der Waals surface area contributed by atoms with E-state index in [1.54, 1.807) is 0 Å². The Labute approximate surface area is 112 Å². The van der Waals surface area contributed by atoms with Gasteiger partial charge in [-0.15, -0.1) is 0 Å². The molecule has 1 aromatic rings. The van der Waals surface area contributed by atoms with Gasteiger partial charge in [0.2, 0.25) is 0 Å². The highest BCUT2D eigenvalue weighted by Crippen LogP contribution is 2.23. The molecule has 1 aromatic carbocycles. The van der Waals surface area contributed by atoms with Crippen LogP contribution in [0.15, 0.2) is 28.7 Å². The summed E-state index contributed by atoms with van der Waals surface area (Å²) in [6.07, 6.45) is 4.49. The van der Waals surface area contributed by atoms with Crippen LogP contribution in [0.2, 0.25) is 0 Å². The molecular weight excluding hydrogens is 278 g/mol. The predicted octanol–water partition coefficient (Wildman–Crippen LogP) is 3.09. The second-order valence-corrected chi connectivity index (χ2v) is 5.78. The fourth-order valence-corrected chi connectivity index (χ4v) is 2.69. The van der Waals surface area contributed by atoms with E-state index in [1.807, 2.05) is 0 Å². The van der Waals surface area contributed by atoms with Gasteiger partial charge in [0.15, 0.2) is 0 Å². The highest BCUT2D eigenvalue weighted by molar-refractivity contribution is 9.10. The quantitative estimate of drug-likeness (QED) is 0.895. The van der Waals surface area contributed by atoms with Crippen LogP contribution < -0.4 is 5.32 Å². The summed E-state index contributed by atoms with van der Waals surface area (Å²) in [4.78, 5) is 0. The number of aliphatic hydroxyl groups is 1. The average Bonchev–Trinajstić information content (AvgIpc) is 2.34. The first-order chi connectivity index (χ1) is 8.25. The van der Waals surface area contributed by atoms with E-state index in [-0.39, 0.29) is 6.10 Å². The fraction of sp³-hybridized carbons (Fsp3) is 0.571. The predicted molar refractivity (Wildman–Crippen MR) is 73.8 cm³/mol. The number of halogens is 1. The lowest BCUT2D eigenvalue weighted by molar-refractivity contribution is 0.0695. The summed E-state index contributed by atoms with van der Waals surface area (Å²) in [5.41, 5.74) is 1.29. The Bertz CT molecular complexity index is 339. The van der Waals surface area contributed by atoms with Crippen molar-refractivity contribution >= 4 is 15.9 Å². The molecule has 1 fully saturated rings. The van der Waals surface area contributed by atoms with Crippen molar-refractivity contribution in [3.8, 4) is 0 Å². The topological polar surface area (TPSA) is 32.3 Å². The molecule has 0 spiro atoms. The van der Waals surface area contributed by atoms with E-state index in [1.165, 1.54) is 18.4 Å². The van der Waals surface area contributed by atoms with E-state index >= 15 is 0 Å². The zero-order valence-corrected chi connectivity index (χ0v) is 11.6. The fourth-order valence-electron chi connectivity index (χ4n) is 2.43. The minimum absolute atomic E-state index is 0.0961. The van der Waals surface area contributed by atoms with Crippen molar-refractivity contribution in [3.05, 3.63) is 34.3 Å². The molecule has 0 aromatic heterocycles. The third kappa shape index (κ3) is 4.09. The molecule has 0 heterocycles. The standard InChI is InChI=1S/C14H20BrNO/c15-13-7-5-11(6-8-13)9-16-10-12-3-1-2-4-14(12)17/h5-8,12,14,16-17H,1-4,9-10H2. The van der Waals surface area contributed by atoms with E-state index < -0.39 is 0 Å². The molecule has 2 N–H and O–H groups in total. The Kier molecular flexibility index (Phi) is 5.01. The van der Waals surface area contributed by atoms with Crippen LogP contribution in [0.5, 0.6) is 0 Å². The molecule has 2 nitrogen and oxygen atoms in total. The smallest absolute Gasteiger partial charge is 0.0580 e. The van der Waals surface area contributed by atoms with Gasteiger partial charge in [-0.25, -0.2) is 0 Å². The molecule has 3 heteroatoms. The Morgan fingerprint density at radius 2 is 1.88 bits per heavy atom. The maximum atomic E-state index is 9.86. The van der Waals surface area contributed by atoms with Crippen molar-refractivity contribution in [2.24, 2.45) is 5.92 Å². The first-order valence-electron chi connectivity index (χ1n) is 6.39. The van der Waals surface area contributed by atoms with Crippen LogP contribution in [0.4, 0.5) is 0 Å². The number of nitrogens with one attached hydrogen (secondary N) is 1. The summed E-state index contributed by atoms with van der Waals surface area (Å²) in [5.74, 6) is 0.444. The van der Waals surface area contributed by atoms with Gasteiger partial charge >= 0.3 is 0 Å². The van der Waals surface area contributed by atoms with E-state index in [4.69, 9.17) is 0 Å². The van der Waals surface area contributed by atoms with Gasteiger partial charge in [-0.05, 0) is 36.5 Å². The van der Waals surface area contributed by atoms with Crippen molar-refractivity contribution in [2.75, 3.05) is 6.54 Å². The van der Waals surface area contributed by atoms with Gasteiger partial charge in [0.05, 0.1) is 6.10 Å². The Hall–Kier alpha value is -0.380. The first kappa shape index (κ1) is 13.1. The Balaban J connectivity index is 1.73. The number of rotatable bonds is 4.